The molecule has 0 atom stereocenters. The zero-order valence-electron chi connectivity index (χ0n) is 11.9. The van der Waals surface area contributed by atoms with Crippen LogP contribution in [-0.2, 0) is 19.4 Å². The van der Waals surface area contributed by atoms with Crippen LogP contribution < -0.4 is 5.32 Å². The molecule has 0 aliphatic heterocycles. The van der Waals surface area contributed by atoms with Crippen LogP contribution in [0.25, 0.3) is 0 Å². The lowest BCUT2D eigenvalue weighted by molar-refractivity contribution is -0.137. The summed E-state index contributed by atoms with van der Waals surface area (Å²) in [7, 11) is -3.39. The number of nitrogens with one attached hydrogen (secondary N) is 1. The maximum atomic E-state index is 12.0. The van der Waals surface area contributed by atoms with Crippen molar-refractivity contribution in [1.29, 1.82) is 0 Å². The van der Waals surface area contributed by atoms with Crippen LogP contribution >= 0.6 is 15.9 Å². The van der Waals surface area contributed by atoms with Crippen molar-refractivity contribution in [3.63, 3.8) is 0 Å². The fourth-order valence-corrected chi connectivity index (χ4v) is 3.31. The topological polar surface area (TPSA) is 101 Å². The second kappa shape index (κ2) is 8.89. The highest BCUT2D eigenvalue weighted by Crippen LogP contribution is 2.16. The summed E-state index contributed by atoms with van der Waals surface area (Å²) in [5.74, 6) is -1.27. The van der Waals surface area contributed by atoms with Gasteiger partial charge in [0.05, 0.1) is 10.6 Å². The number of rotatable bonds is 9. The molecular weight excluding hydrogens is 374 g/mol. The Bertz CT molecular complexity index is 613. The number of amides is 1. The molecule has 6 nitrogen and oxygen atoms in total. The van der Waals surface area contributed by atoms with Crippen molar-refractivity contribution < 1.29 is 23.1 Å². The normalized spacial score (nSPS) is 11.1. The van der Waals surface area contributed by atoms with Crippen LogP contribution in [0.15, 0.2) is 33.6 Å². The van der Waals surface area contributed by atoms with Gasteiger partial charge >= 0.3 is 5.97 Å². The second-order valence-corrected chi connectivity index (χ2v) is 7.75. The Hall–Kier alpha value is -1.41. The van der Waals surface area contributed by atoms with Gasteiger partial charge in [-0.1, -0.05) is 15.9 Å². The average molecular weight is 392 g/mol. The van der Waals surface area contributed by atoms with E-state index >= 15 is 0 Å². The summed E-state index contributed by atoms with van der Waals surface area (Å²) in [4.78, 5) is 22.0. The summed E-state index contributed by atoms with van der Waals surface area (Å²) in [6.45, 7) is 0.282. The molecular formula is C14H18BrNO5S. The van der Waals surface area contributed by atoms with Gasteiger partial charge in [0, 0.05) is 23.9 Å². The minimum atomic E-state index is -3.39. The van der Waals surface area contributed by atoms with E-state index in [1.165, 1.54) is 12.1 Å². The Balaban J connectivity index is 2.32. The van der Waals surface area contributed by atoms with Gasteiger partial charge in [0.2, 0.25) is 5.91 Å². The van der Waals surface area contributed by atoms with Crippen molar-refractivity contribution in [3.8, 4) is 0 Å². The van der Waals surface area contributed by atoms with Crippen LogP contribution in [0.2, 0.25) is 0 Å². The first-order chi connectivity index (χ1) is 10.3. The zero-order valence-corrected chi connectivity index (χ0v) is 14.3. The van der Waals surface area contributed by atoms with Crippen molar-refractivity contribution in [2.24, 2.45) is 0 Å². The molecule has 0 fully saturated rings. The third-order valence-corrected chi connectivity index (χ3v) is 5.22. The van der Waals surface area contributed by atoms with Gasteiger partial charge in [-0.2, -0.15) is 0 Å². The number of hydrogen-bond acceptors (Lipinski definition) is 4. The molecule has 0 aliphatic carbocycles. The number of sulfone groups is 1. The summed E-state index contributed by atoms with van der Waals surface area (Å²) in [5, 5.41) is 11.0. The Labute approximate surface area is 138 Å². The number of carbonyl (C=O) groups is 2. The molecule has 22 heavy (non-hydrogen) atoms. The molecule has 0 spiro atoms. The highest BCUT2D eigenvalue weighted by molar-refractivity contribution is 9.10. The highest BCUT2D eigenvalue weighted by atomic mass is 79.9. The van der Waals surface area contributed by atoms with Crippen molar-refractivity contribution >= 4 is 37.6 Å². The molecule has 8 heteroatoms. The number of halogens is 1. The van der Waals surface area contributed by atoms with E-state index in [2.05, 4.69) is 21.2 Å². The molecule has 0 heterocycles. The van der Waals surface area contributed by atoms with Gasteiger partial charge in [-0.15, -0.1) is 0 Å². The molecule has 0 aliphatic rings. The SMILES string of the molecule is O=C(O)CCCNC(=O)CCCS(=O)(=O)c1ccc(Br)cc1. The highest BCUT2D eigenvalue weighted by Gasteiger charge is 2.14. The maximum absolute atomic E-state index is 12.0. The van der Waals surface area contributed by atoms with E-state index in [-0.39, 0.29) is 42.4 Å². The van der Waals surface area contributed by atoms with E-state index in [0.717, 1.165) is 4.47 Å². The van der Waals surface area contributed by atoms with Gasteiger partial charge < -0.3 is 10.4 Å². The Morgan fingerprint density at radius 3 is 2.32 bits per heavy atom. The maximum Gasteiger partial charge on any atom is 0.303 e. The quantitative estimate of drug-likeness (QED) is 0.626. The van der Waals surface area contributed by atoms with Crippen molar-refractivity contribution in [3.05, 3.63) is 28.7 Å². The fraction of sp³-hybridized carbons (Fsp3) is 0.429. The van der Waals surface area contributed by atoms with Gasteiger partial charge in [-0.05, 0) is 37.1 Å². The van der Waals surface area contributed by atoms with Crippen molar-refractivity contribution in [2.45, 2.75) is 30.6 Å². The number of carboxylic acid groups (broad SMARTS) is 1. The van der Waals surface area contributed by atoms with Gasteiger partial charge in [0.25, 0.3) is 0 Å². The Morgan fingerprint density at radius 1 is 1.09 bits per heavy atom. The fourth-order valence-electron chi connectivity index (χ4n) is 1.74. The largest absolute Gasteiger partial charge is 0.481 e. The summed E-state index contributed by atoms with van der Waals surface area (Å²) in [5.41, 5.74) is 0. The average Bonchev–Trinajstić information content (AvgIpc) is 2.43. The van der Waals surface area contributed by atoms with E-state index in [1.54, 1.807) is 12.1 Å². The predicted octanol–water partition coefficient (Wildman–Crippen LogP) is 1.98. The Morgan fingerprint density at radius 2 is 1.73 bits per heavy atom. The molecule has 122 valence electrons. The molecule has 1 aromatic carbocycles. The number of aliphatic carboxylic acids is 1. The number of benzene rings is 1. The van der Waals surface area contributed by atoms with Crippen molar-refractivity contribution in [2.75, 3.05) is 12.3 Å². The molecule has 0 saturated carbocycles. The first-order valence-electron chi connectivity index (χ1n) is 6.78. The number of carbonyl (C=O) groups excluding carboxylic acids is 1. The lowest BCUT2D eigenvalue weighted by Crippen LogP contribution is -2.25. The minimum absolute atomic E-state index is 0.00176. The van der Waals surface area contributed by atoms with E-state index in [4.69, 9.17) is 5.11 Å². The smallest absolute Gasteiger partial charge is 0.303 e. The van der Waals surface area contributed by atoms with Gasteiger partial charge in [0.1, 0.15) is 0 Å². The molecule has 1 amide bonds. The first kappa shape index (κ1) is 18.6. The van der Waals surface area contributed by atoms with Crippen LogP contribution in [-0.4, -0.2) is 37.7 Å². The Kier molecular flexibility index (Phi) is 7.53. The summed E-state index contributed by atoms with van der Waals surface area (Å²) < 4.78 is 24.9. The number of hydrogen-bond donors (Lipinski definition) is 2. The van der Waals surface area contributed by atoms with Gasteiger partial charge in [-0.3, -0.25) is 9.59 Å². The molecule has 0 bridgehead atoms. The lowest BCUT2D eigenvalue weighted by atomic mass is 10.3. The van der Waals surface area contributed by atoms with Crippen LogP contribution in [0.3, 0.4) is 0 Å². The van der Waals surface area contributed by atoms with Gasteiger partial charge in [0.15, 0.2) is 9.84 Å². The first-order valence-corrected chi connectivity index (χ1v) is 9.22. The third kappa shape index (κ3) is 7.04. The molecule has 1 rings (SSSR count). The van der Waals surface area contributed by atoms with Crippen LogP contribution in [0.1, 0.15) is 25.7 Å². The van der Waals surface area contributed by atoms with Crippen LogP contribution in [0.5, 0.6) is 0 Å². The predicted molar refractivity (Wildman–Crippen MR) is 85.3 cm³/mol. The zero-order chi connectivity index (χ0) is 16.6. The standard InChI is InChI=1S/C14H18BrNO5S/c15-11-5-7-12(8-6-11)22(20,21)10-2-3-13(17)16-9-1-4-14(18)19/h5-8H,1-4,9-10H2,(H,16,17)(H,18,19). The minimum Gasteiger partial charge on any atom is -0.481 e. The summed E-state index contributed by atoms with van der Waals surface area (Å²) in [6, 6.07) is 6.35. The molecule has 0 aromatic heterocycles. The van der Waals surface area contributed by atoms with E-state index in [9.17, 15) is 18.0 Å². The van der Waals surface area contributed by atoms with Crippen LogP contribution in [0.4, 0.5) is 0 Å². The molecule has 1 aromatic rings. The number of carboxylic acids is 1. The van der Waals surface area contributed by atoms with Crippen LogP contribution in [0, 0.1) is 0 Å². The lowest BCUT2D eigenvalue weighted by Gasteiger charge is -2.06. The molecule has 0 radical (unpaired) electrons. The van der Waals surface area contributed by atoms with Gasteiger partial charge in [-0.25, -0.2) is 8.42 Å². The molecule has 0 saturated heterocycles. The third-order valence-electron chi connectivity index (χ3n) is 2.88. The van der Waals surface area contributed by atoms with E-state index < -0.39 is 15.8 Å². The van der Waals surface area contributed by atoms with Crippen molar-refractivity contribution in [1.82, 2.24) is 5.32 Å². The van der Waals surface area contributed by atoms with E-state index in [0.29, 0.717) is 6.42 Å². The summed E-state index contributed by atoms with van der Waals surface area (Å²) in [6.07, 6.45) is 0.683. The summed E-state index contributed by atoms with van der Waals surface area (Å²) >= 11 is 3.24. The monoisotopic (exact) mass is 391 g/mol. The molecule has 2 N–H and O–H groups in total. The second-order valence-electron chi connectivity index (χ2n) is 4.72. The molecule has 0 unspecified atom stereocenters. The van der Waals surface area contributed by atoms with E-state index in [1.807, 2.05) is 0 Å².